The number of aliphatic hydroxyl groups excluding tert-OH is 1. The van der Waals surface area contributed by atoms with Crippen molar-refractivity contribution in [3.8, 4) is 22.2 Å². The van der Waals surface area contributed by atoms with Crippen molar-refractivity contribution in [2.45, 2.75) is 13.3 Å². The molecule has 3 aromatic heterocycles. The molecule has 1 atom stereocenters. The molecule has 1 aliphatic heterocycles. The summed E-state index contributed by atoms with van der Waals surface area (Å²) in [6.45, 7) is 5.74. The molecule has 1 aliphatic rings. The van der Waals surface area contributed by atoms with Gasteiger partial charge in [-0.2, -0.15) is 9.97 Å². The molecule has 0 saturated carbocycles. The van der Waals surface area contributed by atoms with Crippen LogP contribution in [0.25, 0.3) is 22.2 Å². The highest BCUT2D eigenvalue weighted by atomic mass is 32.1. The van der Waals surface area contributed by atoms with Gasteiger partial charge in [0.2, 0.25) is 11.8 Å². The Morgan fingerprint density at radius 1 is 1.11 bits per heavy atom. The molecule has 1 fully saturated rings. The number of nitrogens with zero attached hydrogens (tertiary/aromatic N) is 6. The van der Waals surface area contributed by atoms with Crippen LogP contribution in [0.5, 0.6) is 0 Å². The van der Waals surface area contributed by atoms with Crippen LogP contribution in [0, 0.1) is 5.92 Å². The first-order chi connectivity index (χ1) is 17.7. The van der Waals surface area contributed by atoms with Crippen molar-refractivity contribution >= 4 is 34.1 Å². The average molecular weight is 509 g/mol. The van der Waals surface area contributed by atoms with Crippen molar-refractivity contribution in [1.29, 1.82) is 0 Å². The second-order valence-corrected chi connectivity index (χ2v) is 9.50. The van der Waals surface area contributed by atoms with Gasteiger partial charge in [0, 0.05) is 37.9 Å². The lowest BCUT2D eigenvalue weighted by Gasteiger charge is -2.28. The van der Waals surface area contributed by atoms with E-state index < -0.39 is 0 Å². The maximum Gasteiger partial charge on any atom is 0.259 e. The van der Waals surface area contributed by atoms with Gasteiger partial charge in [0.25, 0.3) is 5.89 Å². The van der Waals surface area contributed by atoms with Crippen LogP contribution in [0.3, 0.4) is 0 Å². The van der Waals surface area contributed by atoms with Gasteiger partial charge in [-0.15, -0.1) is 10.2 Å². The number of ether oxygens (including phenoxy) is 1. The maximum atomic E-state index is 9.19. The van der Waals surface area contributed by atoms with Crippen LogP contribution in [0.4, 0.5) is 22.7 Å². The van der Waals surface area contributed by atoms with E-state index in [1.54, 1.807) is 6.20 Å². The third kappa shape index (κ3) is 5.96. The van der Waals surface area contributed by atoms with E-state index >= 15 is 0 Å². The van der Waals surface area contributed by atoms with Crippen molar-refractivity contribution in [3.05, 3.63) is 42.6 Å². The zero-order valence-corrected chi connectivity index (χ0v) is 20.7. The normalized spacial score (nSPS) is 14.6. The fraction of sp³-hybridized carbons (Fsp3) is 0.375. The maximum absolute atomic E-state index is 9.19. The molecular formula is C24H28N8O3S. The predicted molar refractivity (Wildman–Crippen MR) is 139 cm³/mol. The summed E-state index contributed by atoms with van der Waals surface area (Å²) in [4.78, 5) is 16.8. The fourth-order valence-electron chi connectivity index (χ4n) is 3.68. The highest BCUT2D eigenvalue weighted by Crippen LogP contribution is 2.32. The van der Waals surface area contributed by atoms with E-state index in [1.165, 1.54) is 11.3 Å². The zero-order chi connectivity index (χ0) is 24.7. The van der Waals surface area contributed by atoms with Crippen LogP contribution in [0.2, 0.25) is 0 Å². The standard InChI is InChI=1S/C24H28N8O3S/c1-16(7-10-33)14-25-23-27-19(13-20(29-23)32-8-11-34-12-9-32)28-24-26-15-18(36-24)22-31-30-21(35-22)17-5-3-2-4-6-17/h2-6,13,15-16,33H,7-12,14H2,1H3,(H2,25,26,27,28,29). The van der Waals surface area contributed by atoms with Gasteiger partial charge in [-0.05, 0) is 24.5 Å². The molecule has 36 heavy (non-hydrogen) atoms. The summed E-state index contributed by atoms with van der Waals surface area (Å²) in [5.74, 6) is 3.13. The number of anilines is 4. The van der Waals surface area contributed by atoms with Crippen LogP contribution >= 0.6 is 11.3 Å². The van der Waals surface area contributed by atoms with E-state index in [2.05, 4.69) is 42.6 Å². The Balaban J connectivity index is 1.34. The first-order valence-corrected chi connectivity index (χ1v) is 12.7. The summed E-state index contributed by atoms with van der Waals surface area (Å²) in [5, 5.41) is 24.8. The Labute approximate surface area is 212 Å². The first kappa shape index (κ1) is 24.1. The minimum Gasteiger partial charge on any atom is -0.415 e. The molecule has 1 unspecified atom stereocenters. The van der Waals surface area contributed by atoms with Crippen molar-refractivity contribution in [1.82, 2.24) is 25.1 Å². The summed E-state index contributed by atoms with van der Waals surface area (Å²) < 4.78 is 11.3. The van der Waals surface area contributed by atoms with Crippen molar-refractivity contribution in [2.75, 3.05) is 55.0 Å². The molecule has 1 saturated heterocycles. The van der Waals surface area contributed by atoms with Crippen LogP contribution < -0.4 is 15.5 Å². The number of thiazole rings is 1. The summed E-state index contributed by atoms with van der Waals surface area (Å²) in [5.41, 5.74) is 0.865. The summed E-state index contributed by atoms with van der Waals surface area (Å²) in [6, 6.07) is 11.6. The Kier molecular flexibility index (Phi) is 7.64. The van der Waals surface area contributed by atoms with Gasteiger partial charge in [-0.3, -0.25) is 0 Å². The van der Waals surface area contributed by atoms with Crippen LogP contribution in [0.15, 0.2) is 47.0 Å². The molecule has 0 amide bonds. The highest BCUT2D eigenvalue weighted by molar-refractivity contribution is 7.18. The number of nitrogens with one attached hydrogen (secondary N) is 2. The molecule has 0 radical (unpaired) electrons. The van der Waals surface area contributed by atoms with Gasteiger partial charge < -0.3 is 29.8 Å². The van der Waals surface area contributed by atoms with Crippen molar-refractivity contribution < 1.29 is 14.3 Å². The Bertz CT molecular complexity index is 1260. The molecule has 4 aromatic rings. The lowest BCUT2D eigenvalue weighted by molar-refractivity contribution is 0.122. The molecule has 0 bridgehead atoms. The number of aromatic nitrogens is 5. The average Bonchev–Trinajstić information content (AvgIpc) is 3.59. The second-order valence-electron chi connectivity index (χ2n) is 8.47. The van der Waals surface area contributed by atoms with Crippen molar-refractivity contribution in [2.24, 2.45) is 5.92 Å². The molecule has 0 spiro atoms. The lowest BCUT2D eigenvalue weighted by Crippen LogP contribution is -2.37. The van der Waals surface area contributed by atoms with E-state index in [4.69, 9.17) is 14.1 Å². The van der Waals surface area contributed by atoms with Crippen LogP contribution in [0.1, 0.15) is 13.3 Å². The Morgan fingerprint density at radius 3 is 2.72 bits per heavy atom. The largest absolute Gasteiger partial charge is 0.415 e. The molecule has 0 aliphatic carbocycles. The number of rotatable bonds is 10. The Morgan fingerprint density at radius 2 is 1.92 bits per heavy atom. The first-order valence-electron chi connectivity index (χ1n) is 11.9. The fourth-order valence-corrected chi connectivity index (χ4v) is 4.42. The van der Waals surface area contributed by atoms with Crippen molar-refractivity contribution in [3.63, 3.8) is 0 Å². The van der Waals surface area contributed by atoms with Crippen LogP contribution in [-0.4, -0.2) is 69.7 Å². The molecular weight excluding hydrogens is 480 g/mol. The monoisotopic (exact) mass is 508 g/mol. The van der Waals surface area contributed by atoms with Crippen LogP contribution in [-0.2, 0) is 4.74 Å². The number of benzene rings is 1. The molecule has 11 nitrogen and oxygen atoms in total. The molecule has 5 rings (SSSR count). The minimum atomic E-state index is 0.156. The molecule has 4 heterocycles. The Hall–Kier alpha value is -3.61. The van der Waals surface area contributed by atoms with Gasteiger partial charge in [-0.25, -0.2) is 4.98 Å². The van der Waals surface area contributed by atoms with E-state index in [-0.39, 0.29) is 6.61 Å². The SMILES string of the molecule is CC(CCO)CNc1nc(Nc2ncc(-c3nnc(-c4ccccc4)o3)s2)cc(N2CCOCC2)n1. The predicted octanol–water partition coefficient (Wildman–Crippen LogP) is 3.66. The topological polar surface area (TPSA) is 134 Å². The highest BCUT2D eigenvalue weighted by Gasteiger charge is 2.17. The zero-order valence-electron chi connectivity index (χ0n) is 19.9. The summed E-state index contributed by atoms with van der Waals surface area (Å²) in [6.07, 6.45) is 2.42. The third-order valence-corrected chi connectivity index (χ3v) is 6.58. The van der Waals surface area contributed by atoms with Gasteiger partial charge in [0.15, 0.2) is 5.13 Å². The third-order valence-electron chi connectivity index (χ3n) is 5.68. The molecule has 188 valence electrons. The minimum absolute atomic E-state index is 0.156. The van der Waals surface area contributed by atoms with E-state index in [0.29, 0.717) is 60.8 Å². The quantitative estimate of drug-likeness (QED) is 0.290. The van der Waals surface area contributed by atoms with Gasteiger partial charge >= 0.3 is 0 Å². The number of hydrogen-bond donors (Lipinski definition) is 3. The molecule has 3 N–H and O–H groups in total. The summed E-state index contributed by atoms with van der Waals surface area (Å²) >= 11 is 1.40. The number of aliphatic hydroxyl groups is 1. The molecule has 12 heteroatoms. The number of morpholine rings is 1. The number of hydrogen-bond acceptors (Lipinski definition) is 12. The summed E-state index contributed by atoms with van der Waals surface area (Å²) in [7, 11) is 0. The van der Waals surface area contributed by atoms with Gasteiger partial charge in [0.05, 0.1) is 19.4 Å². The lowest BCUT2D eigenvalue weighted by atomic mass is 10.1. The van der Waals surface area contributed by atoms with E-state index in [9.17, 15) is 5.11 Å². The smallest absolute Gasteiger partial charge is 0.259 e. The van der Waals surface area contributed by atoms with Gasteiger partial charge in [0.1, 0.15) is 16.5 Å². The second kappa shape index (κ2) is 11.4. The van der Waals surface area contributed by atoms with Gasteiger partial charge in [-0.1, -0.05) is 36.5 Å². The molecule has 1 aromatic carbocycles. The van der Waals surface area contributed by atoms with E-state index in [1.807, 2.05) is 36.4 Å². The van der Waals surface area contributed by atoms with E-state index in [0.717, 1.165) is 29.3 Å².